The number of unbranched alkanes of at least 4 members (excludes halogenated alkanes) is 7. The highest BCUT2D eigenvalue weighted by Gasteiger charge is 2.81. The van der Waals surface area contributed by atoms with Gasteiger partial charge in [-0.1, -0.05) is 38.5 Å². The SMILES string of the molecule is C[N+](C)(C)CC(CC(=O)[O-])OC(=O)CCCCCCCCCCC(F)(F)C(F)(F)C(F)(F)C(F)(F)F. The van der Waals surface area contributed by atoms with Crippen LogP contribution < -0.4 is 5.11 Å². The Labute approximate surface area is 204 Å². The predicted octanol–water partition coefficient (Wildman–Crippen LogP) is 5.11. The minimum atomic E-state index is -6.85. The van der Waals surface area contributed by atoms with Gasteiger partial charge >= 0.3 is 29.9 Å². The molecular weight excluding hydrogens is 513 g/mol. The summed E-state index contributed by atoms with van der Waals surface area (Å²) in [5.74, 6) is -20.8. The lowest BCUT2D eigenvalue weighted by molar-refractivity contribution is -0.873. The van der Waals surface area contributed by atoms with E-state index in [0.29, 0.717) is 36.6 Å². The van der Waals surface area contributed by atoms with E-state index in [1.54, 1.807) is 0 Å². The van der Waals surface area contributed by atoms with Crippen LogP contribution in [0.5, 0.6) is 0 Å². The molecule has 0 aromatic heterocycles. The maximum absolute atomic E-state index is 13.4. The van der Waals surface area contributed by atoms with Crippen LogP contribution in [-0.2, 0) is 14.3 Å². The molecule has 36 heavy (non-hydrogen) atoms. The highest BCUT2D eigenvalue weighted by Crippen LogP contribution is 2.54. The zero-order valence-electron chi connectivity index (χ0n) is 20.5. The van der Waals surface area contributed by atoms with Crippen molar-refractivity contribution in [1.29, 1.82) is 0 Å². The minimum Gasteiger partial charge on any atom is -0.550 e. The average Bonchev–Trinajstić information content (AvgIpc) is 2.66. The molecule has 214 valence electrons. The standard InChI is InChI=1S/C22H34F9NO4/c1-32(2,3)15-16(14-17(33)34)36-18(35)12-10-8-6-4-5-7-9-11-13-19(23,24)20(25,26)21(27,28)22(29,30)31/h16H,4-15H2,1-3H3. The summed E-state index contributed by atoms with van der Waals surface area (Å²) in [6, 6.07) is 0. The van der Waals surface area contributed by atoms with Crippen molar-refractivity contribution >= 4 is 11.9 Å². The molecule has 0 saturated heterocycles. The van der Waals surface area contributed by atoms with E-state index in [1.165, 1.54) is 0 Å². The quantitative estimate of drug-likeness (QED) is 0.104. The molecule has 0 rings (SSSR count). The number of carbonyl (C=O) groups excluding carboxylic acids is 2. The number of likely N-dealkylation sites (N-methyl/N-ethyl adjacent to an activating group) is 1. The highest BCUT2D eigenvalue weighted by atomic mass is 19.4. The Kier molecular flexibility index (Phi) is 13.1. The lowest BCUT2D eigenvalue weighted by Crippen LogP contribution is -2.60. The summed E-state index contributed by atoms with van der Waals surface area (Å²) in [5, 5.41) is 10.8. The Balaban J connectivity index is 4.16. The van der Waals surface area contributed by atoms with Gasteiger partial charge < -0.3 is 19.1 Å². The number of carboxylic acid groups (broad SMARTS) is 1. The van der Waals surface area contributed by atoms with Crippen molar-refractivity contribution in [1.82, 2.24) is 0 Å². The van der Waals surface area contributed by atoms with Crippen molar-refractivity contribution in [2.75, 3.05) is 27.7 Å². The van der Waals surface area contributed by atoms with Crippen LogP contribution in [0.2, 0.25) is 0 Å². The Morgan fingerprint density at radius 2 is 1.19 bits per heavy atom. The summed E-state index contributed by atoms with van der Waals surface area (Å²) in [7, 11) is 5.43. The average molecular weight is 547 g/mol. The summed E-state index contributed by atoms with van der Waals surface area (Å²) in [5.41, 5.74) is 0. The van der Waals surface area contributed by atoms with Gasteiger partial charge in [0.25, 0.3) is 0 Å². The van der Waals surface area contributed by atoms with Gasteiger partial charge in [0.2, 0.25) is 0 Å². The number of aliphatic carboxylic acids is 1. The lowest BCUT2D eigenvalue weighted by Gasteiger charge is -2.33. The maximum Gasteiger partial charge on any atom is 0.460 e. The molecule has 0 saturated carbocycles. The molecule has 0 aliphatic carbocycles. The van der Waals surface area contributed by atoms with Crippen LogP contribution in [0, 0.1) is 0 Å². The highest BCUT2D eigenvalue weighted by molar-refractivity contribution is 5.70. The molecule has 0 heterocycles. The van der Waals surface area contributed by atoms with Gasteiger partial charge in [0.15, 0.2) is 6.10 Å². The molecule has 0 aliphatic heterocycles. The number of halogens is 9. The lowest BCUT2D eigenvalue weighted by atomic mass is 9.97. The summed E-state index contributed by atoms with van der Waals surface area (Å²) in [6.07, 6.45) is -7.43. The number of hydrogen-bond acceptors (Lipinski definition) is 4. The minimum absolute atomic E-state index is 0.0539. The second kappa shape index (κ2) is 13.7. The third-order valence-electron chi connectivity index (χ3n) is 5.28. The number of esters is 1. The topological polar surface area (TPSA) is 66.4 Å². The molecule has 0 aromatic rings. The summed E-state index contributed by atoms with van der Waals surface area (Å²) in [6.45, 7) is 0.286. The number of nitrogens with zero attached hydrogens (tertiary/aromatic N) is 1. The number of hydrogen-bond donors (Lipinski definition) is 0. The fourth-order valence-corrected chi connectivity index (χ4v) is 3.43. The molecule has 0 aromatic carbocycles. The Morgan fingerprint density at radius 3 is 1.61 bits per heavy atom. The molecular formula is C22H34F9NO4. The molecule has 1 unspecified atom stereocenters. The molecule has 0 N–H and O–H groups in total. The maximum atomic E-state index is 13.4. The van der Waals surface area contributed by atoms with Gasteiger partial charge in [-0.15, -0.1) is 0 Å². The van der Waals surface area contributed by atoms with E-state index in [0.717, 1.165) is 0 Å². The van der Waals surface area contributed by atoms with Crippen molar-refractivity contribution in [3.63, 3.8) is 0 Å². The van der Waals surface area contributed by atoms with Crippen LogP contribution in [0.3, 0.4) is 0 Å². The van der Waals surface area contributed by atoms with E-state index in [9.17, 15) is 54.2 Å². The van der Waals surface area contributed by atoms with Crippen LogP contribution in [0.1, 0.15) is 70.6 Å². The summed E-state index contributed by atoms with van der Waals surface area (Å²) in [4.78, 5) is 22.8. The first kappa shape index (κ1) is 34.3. The van der Waals surface area contributed by atoms with E-state index in [2.05, 4.69) is 0 Å². The van der Waals surface area contributed by atoms with Gasteiger partial charge in [-0.3, -0.25) is 4.79 Å². The molecule has 1 atom stereocenters. The van der Waals surface area contributed by atoms with Gasteiger partial charge in [-0.2, -0.15) is 39.5 Å². The molecule has 0 amide bonds. The van der Waals surface area contributed by atoms with Crippen molar-refractivity contribution in [3.05, 3.63) is 0 Å². The predicted molar refractivity (Wildman–Crippen MR) is 109 cm³/mol. The molecule has 14 heteroatoms. The smallest absolute Gasteiger partial charge is 0.460 e. The summed E-state index contributed by atoms with van der Waals surface area (Å²) >= 11 is 0. The van der Waals surface area contributed by atoms with Crippen molar-refractivity contribution < 1.29 is 63.4 Å². The summed E-state index contributed by atoms with van der Waals surface area (Å²) < 4.78 is 121. The second-order valence-electron chi connectivity index (χ2n) is 9.84. The number of carbonyl (C=O) groups is 2. The monoisotopic (exact) mass is 547 g/mol. The molecule has 0 bridgehead atoms. The van der Waals surface area contributed by atoms with Gasteiger partial charge in [-0.05, 0) is 12.8 Å². The fourth-order valence-electron chi connectivity index (χ4n) is 3.43. The van der Waals surface area contributed by atoms with Gasteiger partial charge in [0, 0.05) is 25.2 Å². The van der Waals surface area contributed by atoms with E-state index in [-0.39, 0.29) is 25.8 Å². The second-order valence-corrected chi connectivity index (χ2v) is 9.84. The van der Waals surface area contributed by atoms with Crippen LogP contribution in [0.25, 0.3) is 0 Å². The first-order chi connectivity index (χ1) is 16.1. The third-order valence-corrected chi connectivity index (χ3v) is 5.28. The number of alkyl halides is 9. The zero-order valence-corrected chi connectivity index (χ0v) is 20.5. The number of rotatable bonds is 18. The van der Waals surface area contributed by atoms with E-state index < -0.39 is 61.2 Å². The van der Waals surface area contributed by atoms with E-state index >= 15 is 0 Å². The fraction of sp³-hybridized carbons (Fsp3) is 0.909. The molecule has 0 spiro atoms. The molecule has 0 fully saturated rings. The van der Waals surface area contributed by atoms with Crippen LogP contribution in [-0.4, -0.2) is 74.2 Å². The largest absolute Gasteiger partial charge is 0.550 e. The Morgan fingerprint density at radius 1 is 0.750 bits per heavy atom. The van der Waals surface area contributed by atoms with Gasteiger partial charge in [0.1, 0.15) is 6.54 Å². The van der Waals surface area contributed by atoms with Gasteiger partial charge in [-0.25, -0.2) is 0 Å². The van der Waals surface area contributed by atoms with Crippen molar-refractivity contribution in [2.45, 2.75) is 101 Å². The van der Waals surface area contributed by atoms with Crippen LogP contribution in [0.4, 0.5) is 39.5 Å². The van der Waals surface area contributed by atoms with Crippen molar-refractivity contribution in [3.8, 4) is 0 Å². The number of carboxylic acids is 1. The van der Waals surface area contributed by atoms with E-state index in [1.807, 2.05) is 21.1 Å². The first-order valence-corrected chi connectivity index (χ1v) is 11.5. The van der Waals surface area contributed by atoms with Crippen LogP contribution in [0.15, 0.2) is 0 Å². The molecule has 0 aliphatic rings. The molecule has 5 nitrogen and oxygen atoms in total. The first-order valence-electron chi connectivity index (χ1n) is 11.5. The van der Waals surface area contributed by atoms with E-state index in [4.69, 9.17) is 4.74 Å². The van der Waals surface area contributed by atoms with Crippen LogP contribution >= 0.6 is 0 Å². The number of ether oxygens (including phenoxy) is 1. The Bertz CT molecular complexity index is 692. The zero-order chi connectivity index (χ0) is 28.4. The number of quaternary nitrogens is 1. The van der Waals surface area contributed by atoms with Gasteiger partial charge in [0.05, 0.1) is 21.1 Å². The normalized spacial score (nSPS) is 14.6. The third kappa shape index (κ3) is 11.5. The molecule has 0 radical (unpaired) electrons. The van der Waals surface area contributed by atoms with Crippen molar-refractivity contribution in [2.24, 2.45) is 0 Å². The Hall–Kier alpha value is -1.73.